The quantitative estimate of drug-likeness (QED) is 0.856. The highest BCUT2D eigenvalue weighted by Crippen LogP contribution is 2.26. The second kappa shape index (κ2) is 5.05. The van der Waals surface area contributed by atoms with E-state index in [1.54, 1.807) is 0 Å². The van der Waals surface area contributed by atoms with Gasteiger partial charge in [-0.05, 0) is 22.4 Å². The minimum absolute atomic E-state index is 0.372. The lowest BCUT2D eigenvalue weighted by atomic mass is 10.1. The fourth-order valence-corrected chi connectivity index (χ4v) is 2.38. The van der Waals surface area contributed by atoms with Gasteiger partial charge in [-0.1, -0.05) is 46.3 Å². The van der Waals surface area contributed by atoms with Crippen LogP contribution >= 0.6 is 15.9 Å². The maximum atomic E-state index is 10.6. The van der Waals surface area contributed by atoms with Gasteiger partial charge < -0.3 is 0 Å². The molecule has 2 aromatic carbocycles. The summed E-state index contributed by atoms with van der Waals surface area (Å²) in [4.78, 5) is 0. The monoisotopic (exact) mass is 299 g/mol. The molecule has 0 aliphatic carbocycles. The molecule has 16 heavy (non-hydrogen) atoms. The molecule has 84 valence electrons. The van der Waals surface area contributed by atoms with Crippen LogP contribution in [0.25, 0.3) is 10.8 Å². The minimum Gasteiger partial charge on any atom is -0.294 e. The van der Waals surface area contributed by atoms with Crippen LogP contribution in [0.2, 0.25) is 0 Å². The molecule has 5 heteroatoms. The van der Waals surface area contributed by atoms with Crippen molar-refractivity contribution in [1.29, 1.82) is 0 Å². The van der Waals surface area contributed by atoms with E-state index < -0.39 is 11.3 Å². The Bertz CT molecular complexity index is 544. The number of nitrogens with one attached hydrogen (secondary N) is 1. The van der Waals surface area contributed by atoms with E-state index in [1.807, 2.05) is 36.4 Å². The molecule has 0 aliphatic heterocycles. The molecule has 0 heterocycles. The number of halogens is 1. The summed E-state index contributed by atoms with van der Waals surface area (Å²) in [5.74, 6) is 0. The maximum absolute atomic E-state index is 10.6. The van der Waals surface area contributed by atoms with Crippen molar-refractivity contribution in [3.8, 4) is 0 Å². The number of rotatable bonds is 3. The van der Waals surface area contributed by atoms with Gasteiger partial charge in [-0.25, -0.2) is 8.93 Å². The molecule has 0 saturated heterocycles. The maximum Gasteiger partial charge on any atom is 0.232 e. The number of fused-ring (bicyclic) bond motifs is 1. The summed E-state index contributed by atoms with van der Waals surface area (Å²) in [6.07, 6.45) is 0. The first-order chi connectivity index (χ1) is 7.68. The highest BCUT2D eigenvalue weighted by atomic mass is 79.9. The zero-order chi connectivity index (χ0) is 11.5. The van der Waals surface area contributed by atoms with Crippen LogP contribution in [0.3, 0.4) is 0 Å². The summed E-state index contributed by atoms with van der Waals surface area (Å²) in [5.41, 5.74) is 1.00. The predicted molar refractivity (Wildman–Crippen MR) is 69.3 cm³/mol. The van der Waals surface area contributed by atoms with Gasteiger partial charge in [-0.15, -0.1) is 0 Å². The van der Waals surface area contributed by atoms with Crippen molar-refractivity contribution >= 4 is 38.0 Å². The van der Waals surface area contributed by atoms with Crippen LogP contribution in [-0.4, -0.2) is 8.76 Å². The van der Waals surface area contributed by atoms with Crippen molar-refractivity contribution in [1.82, 2.24) is 4.72 Å². The van der Waals surface area contributed by atoms with E-state index in [2.05, 4.69) is 20.7 Å². The van der Waals surface area contributed by atoms with E-state index in [4.69, 9.17) is 4.55 Å². The molecule has 1 unspecified atom stereocenters. The van der Waals surface area contributed by atoms with Gasteiger partial charge in [0.2, 0.25) is 11.3 Å². The largest absolute Gasteiger partial charge is 0.294 e. The fraction of sp³-hybridized carbons (Fsp3) is 0.0909. The van der Waals surface area contributed by atoms with Gasteiger partial charge in [0.05, 0.1) is 0 Å². The van der Waals surface area contributed by atoms with E-state index in [9.17, 15) is 4.21 Å². The Hall–Kier alpha value is -0.750. The van der Waals surface area contributed by atoms with Gasteiger partial charge in [0.1, 0.15) is 0 Å². The van der Waals surface area contributed by atoms with Crippen LogP contribution in [-0.2, 0) is 17.8 Å². The van der Waals surface area contributed by atoms with Crippen molar-refractivity contribution in [2.45, 2.75) is 6.54 Å². The molecule has 0 aliphatic rings. The van der Waals surface area contributed by atoms with Gasteiger partial charge in [-0.3, -0.25) is 4.55 Å². The first kappa shape index (κ1) is 11.7. The molecular formula is C11H10BrNO2S. The average molecular weight is 300 g/mol. The molecule has 2 N–H and O–H groups in total. The van der Waals surface area contributed by atoms with Crippen LogP contribution in [0.5, 0.6) is 0 Å². The van der Waals surface area contributed by atoms with Crippen molar-refractivity contribution < 1.29 is 8.76 Å². The van der Waals surface area contributed by atoms with Gasteiger partial charge in [-0.2, -0.15) is 0 Å². The van der Waals surface area contributed by atoms with Crippen molar-refractivity contribution in [3.63, 3.8) is 0 Å². The molecular weight excluding hydrogens is 290 g/mol. The molecule has 0 fully saturated rings. The van der Waals surface area contributed by atoms with Gasteiger partial charge in [0.25, 0.3) is 0 Å². The summed E-state index contributed by atoms with van der Waals surface area (Å²) < 4.78 is 22.8. The van der Waals surface area contributed by atoms with E-state index in [1.165, 1.54) is 0 Å². The fourth-order valence-electron chi connectivity index (χ4n) is 1.62. The van der Waals surface area contributed by atoms with Crippen LogP contribution < -0.4 is 4.72 Å². The van der Waals surface area contributed by atoms with Crippen LogP contribution in [0, 0.1) is 0 Å². The standard InChI is InChI=1S/C11H10BrNO2S/c12-11-6-5-8(7-13-16(14)15)9-3-1-2-4-10(9)11/h1-6,13H,7H2,(H,14,15). The van der Waals surface area contributed by atoms with Crippen molar-refractivity contribution in [2.24, 2.45) is 0 Å². The van der Waals surface area contributed by atoms with Crippen LogP contribution in [0.4, 0.5) is 0 Å². The molecule has 0 bridgehead atoms. The van der Waals surface area contributed by atoms with Gasteiger partial charge in [0.15, 0.2) is 0 Å². The Morgan fingerprint density at radius 1 is 1.19 bits per heavy atom. The lowest BCUT2D eigenvalue weighted by molar-refractivity contribution is 0.549. The molecule has 0 amide bonds. The first-order valence-electron chi connectivity index (χ1n) is 4.69. The molecule has 0 spiro atoms. The number of hydrogen-bond acceptors (Lipinski definition) is 1. The third kappa shape index (κ3) is 2.49. The Balaban J connectivity index is 2.46. The third-order valence-electron chi connectivity index (χ3n) is 2.35. The number of benzene rings is 2. The zero-order valence-corrected chi connectivity index (χ0v) is 10.7. The lowest BCUT2D eigenvalue weighted by Crippen LogP contribution is -2.15. The molecule has 3 nitrogen and oxygen atoms in total. The van der Waals surface area contributed by atoms with E-state index in [0.717, 1.165) is 20.8 Å². The predicted octanol–water partition coefficient (Wildman–Crippen LogP) is 2.83. The Kier molecular flexibility index (Phi) is 3.70. The summed E-state index contributed by atoms with van der Waals surface area (Å²) in [6.45, 7) is 0.372. The van der Waals surface area contributed by atoms with Crippen molar-refractivity contribution in [3.05, 3.63) is 46.4 Å². The summed E-state index contributed by atoms with van der Waals surface area (Å²) in [5, 5.41) is 2.18. The highest BCUT2D eigenvalue weighted by Gasteiger charge is 2.04. The summed E-state index contributed by atoms with van der Waals surface area (Å²) in [6, 6.07) is 11.8. The van der Waals surface area contributed by atoms with Crippen molar-refractivity contribution in [2.75, 3.05) is 0 Å². The van der Waals surface area contributed by atoms with Gasteiger partial charge in [0, 0.05) is 11.0 Å². The topological polar surface area (TPSA) is 49.3 Å². The molecule has 2 rings (SSSR count). The van der Waals surface area contributed by atoms with E-state index in [0.29, 0.717) is 6.54 Å². The second-order valence-electron chi connectivity index (χ2n) is 3.32. The van der Waals surface area contributed by atoms with Crippen LogP contribution in [0.1, 0.15) is 5.56 Å². The molecule has 1 atom stereocenters. The smallest absolute Gasteiger partial charge is 0.232 e. The molecule has 0 aromatic heterocycles. The SMILES string of the molecule is O=S(O)NCc1ccc(Br)c2ccccc12. The Morgan fingerprint density at radius 2 is 1.88 bits per heavy atom. The zero-order valence-electron chi connectivity index (χ0n) is 8.31. The average Bonchev–Trinajstić information content (AvgIpc) is 2.28. The Labute approximate surface area is 104 Å². The van der Waals surface area contributed by atoms with E-state index >= 15 is 0 Å². The summed E-state index contributed by atoms with van der Waals surface area (Å²) >= 11 is 1.51. The lowest BCUT2D eigenvalue weighted by Gasteiger charge is -2.07. The third-order valence-corrected chi connectivity index (χ3v) is 3.43. The molecule has 0 radical (unpaired) electrons. The minimum atomic E-state index is -1.98. The van der Waals surface area contributed by atoms with E-state index in [-0.39, 0.29) is 0 Å². The molecule has 2 aromatic rings. The Morgan fingerprint density at radius 3 is 2.56 bits per heavy atom. The van der Waals surface area contributed by atoms with Gasteiger partial charge >= 0.3 is 0 Å². The second-order valence-corrected chi connectivity index (χ2v) is 4.96. The molecule has 0 saturated carbocycles. The highest BCUT2D eigenvalue weighted by molar-refractivity contribution is 9.10. The van der Waals surface area contributed by atoms with Crippen LogP contribution in [0.15, 0.2) is 40.9 Å². The number of hydrogen-bond donors (Lipinski definition) is 2. The normalized spacial score (nSPS) is 12.9. The first-order valence-corrected chi connectivity index (χ1v) is 6.59. The summed E-state index contributed by atoms with van der Waals surface area (Å²) in [7, 11) is 0.